The second kappa shape index (κ2) is 4.12. The van der Waals surface area contributed by atoms with Crippen molar-refractivity contribution in [1.29, 1.82) is 0 Å². The Morgan fingerprint density at radius 2 is 1.88 bits per heavy atom. The van der Waals surface area contributed by atoms with Crippen LogP contribution in [0.5, 0.6) is 5.75 Å². The molecule has 0 radical (unpaired) electrons. The summed E-state index contributed by atoms with van der Waals surface area (Å²) in [4.78, 5) is 0. The minimum absolute atomic E-state index is 0.233. The molecule has 0 amide bonds. The molecule has 0 bridgehead atoms. The summed E-state index contributed by atoms with van der Waals surface area (Å²) in [6.45, 7) is 0. The Labute approximate surface area is 95.4 Å². The predicted molar refractivity (Wildman–Crippen MR) is 55.3 cm³/mol. The van der Waals surface area contributed by atoms with Gasteiger partial charge in [-0.3, -0.25) is 4.68 Å². The highest BCUT2D eigenvalue weighted by atomic mass is 19.4. The van der Waals surface area contributed by atoms with Crippen molar-refractivity contribution < 1.29 is 17.9 Å². The van der Waals surface area contributed by atoms with Gasteiger partial charge in [-0.25, -0.2) is 0 Å². The molecular weight excluding hydrogens is 233 g/mol. The maximum absolute atomic E-state index is 12.2. The predicted octanol–water partition coefficient (Wildman–Crippen LogP) is 2.99. The molecule has 1 aromatic heterocycles. The van der Waals surface area contributed by atoms with Crippen LogP contribution in [-0.2, 0) is 7.05 Å². The normalized spacial score (nSPS) is 11.5. The number of para-hydroxylation sites is 1. The van der Waals surface area contributed by atoms with Crippen molar-refractivity contribution in [2.24, 2.45) is 7.05 Å². The third-order valence-electron chi connectivity index (χ3n) is 2.21. The molecule has 6 heteroatoms. The maximum atomic E-state index is 12.2. The lowest BCUT2D eigenvalue weighted by atomic mass is 10.1. The first-order valence-corrected chi connectivity index (χ1v) is 4.80. The lowest BCUT2D eigenvalue weighted by Gasteiger charge is -2.13. The SMILES string of the molecule is Cn1nccc1-c1ccccc1OC(F)(F)F. The zero-order valence-corrected chi connectivity index (χ0v) is 8.90. The van der Waals surface area contributed by atoms with Gasteiger partial charge in [0.05, 0.1) is 5.69 Å². The van der Waals surface area contributed by atoms with Crippen molar-refractivity contribution in [2.45, 2.75) is 6.36 Å². The van der Waals surface area contributed by atoms with E-state index in [4.69, 9.17) is 0 Å². The van der Waals surface area contributed by atoms with Crippen LogP contribution < -0.4 is 4.74 Å². The first kappa shape index (κ1) is 11.5. The molecule has 0 spiro atoms. The number of rotatable bonds is 2. The molecular formula is C11H9F3N2O. The van der Waals surface area contributed by atoms with Crippen LogP contribution in [0, 0.1) is 0 Å². The Hall–Kier alpha value is -1.98. The van der Waals surface area contributed by atoms with Crippen LogP contribution in [0.4, 0.5) is 13.2 Å². The molecule has 0 unspecified atom stereocenters. The minimum atomic E-state index is -4.70. The largest absolute Gasteiger partial charge is 0.573 e. The highest BCUT2D eigenvalue weighted by molar-refractivity contribution is 5.67. The summed E-state index contributed by atoms with van der Waals surface area (Å²) >= 11 is 0. The van der Waals surface area contributed by atoms with Gasteiger partial charge >= 0.3 is 6.36 Å². The molecule has 0 aliphatic rings. The molecule has 0 fully saturated rings. The number of hydrogen-bond acceptors (Lipinski definition) is 2. The quantitative estimate of drug-likeness (QED) is 0.809. The lowest BCUT2D eigenvalue weighted by Crippen LogP contribution is -2.17. The molecule has 90 valence electrons. The standard InChI is InChI=1S/C11H9F3N2O/c1-16-9(6-7-15-16)8-4-2-3-5-10(8)17-11(12,13)14/h2-7H,1H3. The van der Waals surface area contributed by atoms with Crippen LogP contribution in [-0.4, -0.2) is 16.1 Å². The molecule has 2 aromatic rings. The highest BCUT2D eigenvalue weighted by Gasteiger charge is 2.32. The minimum Gasteiger partial charge on any atom is -0.405 e. The highest BCUT2D eigenvalue weighted by Crippen LogP contribution is 2.32. The first-order chi connectivity index (χ1) is 7.97. The van der Waals surface area contributed by atoms with Crippen LogP contribution in [0.25, 0.3) is 11.3 Å². The molecule has 0 aliphatic heterocycles. The molecule has 3 nitrogen and oxygen atoms in total. The molecule has 0 N–H and O–H groups in total. The van der Waals surface area contributed by atoms with E-state index in [1.165, 1.54) is 23.0 Å². The molecule has 0 atom stereocenters. The third kappa shape index (κ3) is 2.58. The first-order valence-electron chi connectivity index (χ1n) is 4.80. The topological polar surface area (TPSA) is 27.1 Å². The number of hydrogen-bond donors (Lipinski definition) is 0. The van der Waals surface area contributed by atoms with Gasteiger partial charge in [-0.1, -0.05) is 12.1 Å². The van der Waals surface area contributed by atoms with Gasteiger partial charge < -0.3 is 4.74 Å². The van der Waals surface area contributed by atoms with E-state index in [2.05, 4.69) is 9.84 Å². The van der Waals surface area contributed by atoms with E-state index >= 15 is 0 Å². The van der Waals surface area contributed by atoms with E-state index in [0.717, 1.165) is 0 Å². The Morgan fingerprint density at radius 1 is 1.18 bits per heavy atom. The van der Waals surface area contributed by atoms with E-state index in [0.29, 0.717) is 11.3 Å². The fraction of sp³-hybridized carbons (Fsp3) is 0.182. The molecule has 0 saturated heterocycles. The van der Waals surface area contributed by atoms with Crippen molar-refractivity contribution in [3.8, 4) is 17.0 Å². The molecule has 2 rings (SSSR count). The van der Waals surface area contributed by atoms with Crippen LogP contribution >= 0.6 is 0 Å². The number of nitrogens with zero attached hydrogens (tertiary/aromatic N) is 2. The van der Waals surface area contributed by atoms with Crippen LogP contribution in [0.3, 0.4) is 0 Å². The van der Waals surface area contributed by atoms with Gasteiger partial charge in [-0.15, -0.1) is 13.2 Å². The van der Waals surface area contributed by atoms with E-state index in [1.807, 2.05) is 0 Å². The van der Waals surface area contributed by atoms with Crippen LogP contribution in [0.15, 0.2) is 36.5 Å². The molecule has 17 heavy (non-hydrogen) atoms. The second-order valence-electron chi connectivity index (χ2n) is 3.38. The summed E-state index contributed by atoms with van der Waals surface area (Å²) in [5.74, 6) is -0.233. The summed E-state index contributed by atoms with van der Waals surface area (Å²) in [5.41, 5.74) is 0.912. The smallest absolute Gasteiger partial charge is 0.405 e. The van der Waals surface area contributed by atoms with E-state index in [-0.39, 0.29) is 5.75 Å². The summed E-state index contributed by atoms with van der Waals surface area (Å²) in [7, 11) is 1.65. The van der Waals surface area contributed by atoms with E-state index in [1.54, 1.807) is 25.2 Å². The van der Waals surface area contributed by atoms with Gasteiger partial charge in [0.15, 0.2) is 0 Å². The van der Waals surface area contributed by atoms with Crippen molar-refractivity contribution in [3.05, 3.63) is 36.5 Å². The zero-order valence-electron chi connectivity index (χ0n) is 8.90. The molecule has 1 heterocycles. The molecule has 1 aromatic carbocycles. The maximum Gasteiger partial charge on any atom is 0.573 e. The van der Waals surface area contributed by atoms with E-state index < -0.39 is 6.36 Å². The van der Waals surface area contributed by atoms with Gasteiger partial charge in [-0.2, -0.15) is 5.10 Å². The zero-order chi connectivity index (χ0) is 12.5. The number of benzene rings is 1. The number of aryl methyl sites for hydroxylation is 1. The number of aromatic nitrogens is 2. The molecule has 0 aliphatic carbocycles. The Bertz CT molecular complexity index is 519. The third-order valence-corrected chi connectivity index (χ3v) is 2.21. The van der Waals surface area contributed by atoms with Crippen LogP contribution in [0.1, 0.15) is 0 Å². The molecule has 0 saturated carbocycles. The van der Waals surface area contributed by atoms with Gasteiger partial charge in [0.2, 0.25) is 0 Å². The van der Waals surface area contributed by atoms with Gasteiger partial charge in [0, 0.05) is 18.8 Å². The Kier molecular flexibility index (Phi) is 2.79. The fourth-order valence-electron chi connectivity index (χ4n) is 1.53. The van der Waals surface area contributed by atoms with Crippen molar-refractivity contribution in [1.82, 2.24) is 9.78 Å². The van der Waals surface area contributed by atoms with Crippen molar-refractivity contribution in [2.75, 3.05) is 0 Å². The number of ether oxygens (including phenoxy) is 1. The summed E-state index contributed by atoms with van der Waals surface area (Å²) in [6, 6.07) is 7.58. The fourth-order valence-corrected chi connectivity index (χ4v) is 1.53. The van der Waals surface area contributed by atoms with Gasteiger partial charge in [0.25, 0.3) is 0 Å². The number of alkyl halides is 3. The van der Waals surface area contributed by atoms with Gasteiger partial charge in [-0.05, 0) is 18.2 Å². The average Bonchev–Trinajstić information content (AvgIpc) is 2.63. The Balaban J connectivity index is 2.45. The van der Waals surface area contributed by atoms with Crippen molar-refractivity contribution in [3.63, 3.8) is 0 Å². The van der Waals surface area contributed by atoms with Gasteiger partial charge in [0.1, 0.15) is 5.75 Å². The average molecular weight is 242 g/mol. The van der Waals surface area contributed by atoms with Crippen LogP contribution in [0.2, 0.25) is 0 Å². The monoisotopic (exact) mass is 242 g/mol. The lowest BCUT2D eigenvalue weighted by molar-refractivity contribution is -0.274. The van der Waals surface area contributed by atoms with Crippen molar-refractivity contribution >= 4 is 0 Å². The second-order valence-corrected chi connectivity index (χ2v) is 3.38. The van der Waals surface area contributed by atoms with E-state index in [9.17, 15) is 13.2 Å². The summed E-state index contributed by atoms with van der Waals surface area (Å²) < 4.78 is 42.1. The summed E-state index contributed by atoms with van der Waals surface area (Å²) in [6.07, 6.45) is -3.19. The number of halogens is 3. The Morgan fingerprint density at radius 3 is 2.47 bits per heavy atom. The summed E-state index contributed by atoms with van der Waals surface area (Å²) in [5, 5.41) is 3.91.